The molecule has 0 heterocycles. The van der Waals surface area contributed by atoms with Crippen LogP contribution in [-0.2, 0) is 9.53 Å². The van der Waals surface area contributed by atoms with Gasteiger partial charge in [-0.05, 0) is 7.05 Å². The normalized spacial score (nSPS) is 13.0. The number of likely N-dealkylation sites (N-methyl/N-ethyl adjacent to an activating group) is 1. The van der Waals surface area contributed by atoms with Crippen LogP contribution in [0.4, 0.5) is 0 Å². The van der Waals surface area contributed by atoms with Gasteiger partial charge in [0.15, 0.2) is 0 Å². The lowest BCUT2D eigenvalue weighted by atomic mass is 10.2. The third-order valence-electron chi connectivity index (χ3n) is 1.20. The molecule has 0 amide bonds. The molecule has 10 heavy (non-hydrogen) atoms. The van der Waals surface area contributed by atoms with Gasteiger partial charge in [-0.2, -0.15) is 0 Å². The lowest BCUT2D eigenvalue weighted by Crippen LogP contribution is -2.32. The Morgan fingerprint density at radius 2 is 2.40 bits per heavy atom. The van der Waals surface area contributed by atoms with Crippen molar-refractivity contribution in [2.45, 2.75) is 12.5 Å². The smallest absolute Gasteiger partial charge is 0.305 e. The maximum Gasteiger partial charge on any atom is 0.305 e. The Bertz CT molecular complexity index is 105. The van der Waals surface area contributed by atoms with Gasteiger partial charge >= 0.3 is 5.97 Å². The standard InChI is InChI=1S/C6H13NO3/c1-7-5(4-10-2)3-6(8)9/h5,7H,3-4H2,1-2H3,(H,8,9). The van der Waals surface area contributed by atoms with Gasteiger partial charge in [-0.1, -0.05) is 0 Å². The van der Waals surface area contributed by atoms with Crippen LogP contribution in [0.25, 0.3) is 0 Å². The van der Waals surface area contributed by atoms with Crippen molar-refractivity contribution in [1.29, 1.82) is 0 Å². The van der Waals surface area contributed by atoms with E-state index < -0.39 is 5.97 Å². The maximum absolute atomic E-state index is 10.1. The molecule has 4 heteroatoms. The summed E-state index contributed by atoms with van der Waals surface area (Å²) in [7, 11) is 3.26. The van der Waals surface area contributed by atoms with E-state index in [0.29, 0.717) is 6.61 Å². The van der Waals surface area contributed by atoms with Crippen molar-refractivity contribution in [3.05, 3.63) is 0 Å². The molecule has 0 saturated heterocycles. The summed E-state index contributed by atoms with van der Waals surface area (Å²) >= 11 is 0. The Hall–Kier alpha value is -0.610. The number of carbonyl (C=O) groups is 1. The molecule has 0 aromatic carbocycles. The molecule has 60 valence electrons. The molecule has 0 fully saturated rings. The summed E-state index contributed by atoms with van der Waals surface area (Å²) in [5.41, 5.74) is 0. The van der Waals surface area contributed by atoms with E-state index in [9.17, 15) is 4.79 Å². The van der Waals surface area contributed by atoms with Gasteiger partial charge in [0, 0.05) is 13.2 Å². The van der Waals surface area contributed by atoms with Crippen LogP contribution in [0.15, 0.2) is 0 Å². The van der Waals surface area contributed by atoms with E-state index in [4.69, 9.17) is 9.84 Å². The lowest BCUT2D eigenvalue weighted by Gasteiger charge is -2.11. The third-order valence-corrected chi connectivity index (χ3v) is 1.20. The summed E-state index contributed by atoms with van der Waals surface area (Å²) in [6.07, 6.45) is 0.102. The molecular formula is C6H13NO3. The number of hydrogen-bond acceptors (Lipinski definition) is 3. The van der Waals surface area contributed by atoms with Gasteiger partial charge in [-0.25, -0.2) is 0 Å². The van der Waals surface area contributed by atoms with Gasteiger partial charge in [0.25, 0.3) is 0 Å². The summed E-state index contributed by atoms with van der Waals surface area (Å²) in [6.45, 7) is 0.433. The zero-order valence-corrected chi connectivity index (χ0v) is 6.26. The number of carboxylic acid groups (broad SMARTS) is 1. The van der Waals surface area contributed by atoms with E-state index in [1.54, 1.807) is 14.2 Å². The molecule has 1 atom stereocenters. The van der Waals surface area contributed by atoms with Crippen molar-refractivity contribution in [3.63, 3.8) is 0 Å². The Kier molecular flexibility index (Phi) is 4.88. The topological polar surface area (TPSA) is 58.6 Å². The average Bonchev–Trinajstić information content (AvgIpc) is 1.86. The number of nitrogens with one attached hydrogen (secondary N) is 1. The Balaban J connectivity index is 3.49. The first-order valence-electron chi connectivity index (χ1n) is 3.08. The second-order valence-electron chi connectivity index (χ2n) is 2.04. The number of carboxylic acids is 1. The predicted octanol–water partition coefficient (Wildman–Crippen LogP) is -0.305. The van der Waals surface area contributed by atoms with Gasteiger partial charge < -0.3 is 15.2 Å². The average molecular weight is 147 g/mol. The molecule has 0 saturated carbocycles. The second kappa shape index (κ2) is 5.20. The largest absolute Gasteiger partial charge is 0.481 e. The highest BCUT2D eigenvalue weighted by atomic mass is 16.5. The molecule has 0 aliphatic heterocycles. The van der Waals surface area contributed by atoms with Crippen LogP contribution >= 0.6 is 0 Å². The summed E-state index contributed by atoms with van der Waals surface area (Å²) in [4.78, 5) is 10.1. The molecule has 2 N–H and O–H groups in total. The van der Waals surface area contributed by atoms with Gasteiger partial charge in [0.05, 0.1) is 13.0 Å². The molecule has 0 spiro atoms. The molecule has 0 aliphatic rings. The van der Waals surface area contributed by atoms with Crippen LogP contribution in [0.1, 0.15) is 6.42 Å². The Morgan fingerprint density at radius 3 is 2.70 bits per heavy atom. The number of rotatable bonds is 5. The fraction of sp³-hybridized carbons (Fsp3) is 0.833. The van der Waals surface area contributed by atoms with E-state index >= 15 is 0 Å². The van der Waals surface area contributed by atoms with Crippen LogP contribution < -0.4 is 5.32 Å². The predicted molar refractivity (Wildman–Crippen MR) is 37.0 cm³/mol. The SMILES string of the molecule is CNC(COC)CC(=O)O. The molecule has 0 radical (unpaired) electrons. The van der Waals surface area contributed by atoms with Crippen LogP contribution in [0.2, 0.25) is 0 Å². The molecule has 0 aromatic heterocycles. The number of hydrogen-bond donors (Lipinski definition) is 2. The quantitative estimate of drug-likeness (QED) is 0.560. The fourth-order valence-electron chi connectivity index (χ4n) is 0.656. The maximum atomic E-state index is 10.1. The summed E-state index contributed by atoms with van der Waals surface area (Å²) in [5.74, 6) is -0.809. The molecule has 0 rings (SSSR count). The summed E-state index contributed by atoms with van der Waals surface area (Å²) < 4.78 is 4.77. The van der Waals surface area contributed by atoms with Gasteiger partial charge in [0.1, 0.15) is 0 Å². The van der Waals surface area contributed by atoms with Gasteiger partial charge in [-0.15, -0.1) is 0 Å². The van der Waals surface area contributed by atoms with Crippen molar-refractivity contribution in [3.8, 4) is 0 Å². The summed E-state index contributed by atoms with van der Waals surface area (Å²) in [6, 6.07) is -0.0810. The van der Waals surface area contributed by atoms with Crippen LogP contribution in [0.5, 0.6) is 0 Å². The van der Waals surface area contributed by atoms with Crippen LogP contribution in [0, 0.1) is 0 Å². The molecule has 0 aromatic rings. The molecule has 1 unspecified atom stereocenters. The number of aliphatic carboxylic acids is 1. The molecule has 0 aliphatic carbocycles. The van der Waals surface area contributed by atoms with Crippen molar-refractivity contribution in [2.24, 2.45) is 0 Å². The minimum absolute atomic E-state index is 0.0810. The first-order valence-corrected chi connectivity index (χ1v) is 3.08. The van der Waals surface area contributed by atoms with E-state index in [-0.39, 0.29) is 12.5 Å². The zero-order chi connectivity index (χ0) is 7.98. The van der Waals surface area contributed by atoms with Crippen LogP contribution in [-0.4, -0.2) is 37.9 Å². The van der Waals surface area contributed by atoms with E-state index in [2.05, 4.69) is 5.32 Å². The highest BCUT2D eigenvalue weighted by molar-refractivity contribution is 5.67. The van der Waals surface area contributed by atoms with Crippen LogP contribution in [0.3, 0.4) is 0 Å². The molecular weight excluding hydrogens is 134 g/mol. The molecule has 4 nitrogen and oxygen atoms in total. The highest BCUT2D eigenvalue weighted by Gasteiger charge is 2.09. The minimum atomic E-state index is -0.809. The monoisotopic (exact) mass is 147 g/mol. The first kappa shape index (κ1) is 9.39. The van der Waals surface area contributed by atoms with E-state index in [1.807, 2.05) is 0 Å². The van der Waals surface area contributed by atoms with Crippen molar-refractivity contribution in [2.75, 3.05) is 20.8 Å². The number of ether oxygens (including phenoxy) is 1. The van der Waals surface area contributed by atoms with Crippen molar-refractivity contribution in [1.82, 2.24) is 5.32 Å². The fourth-order valence-corrected chi connectivity index (χ4v) is 0.656. The molecule has 0 bridgehead atoms. The number of methoxy groups -OCH3 is 1. The van der Waals surface area contributed by atoms with Crippen molar-refractivity contribution >= 4 is 5.97 Å². The summed E-state index contributed by atoms with van der Waals surface area (Å²) in [5, 5.41) is 11.2. The second-order valence-corrected chi connectivity index (χ2v) is 2.04. The lowest BCUT2D eigenvalue weighted by molar-refractivity contribution is -0.137. The minimum Gasteiger partial charge on any atom is -0.481 e. The van der Waals surface area contributed by atoms with Gasteiger partial charge in [-0.3, -0.25) is 4.79 Å². The van der Waals surface area contributed by atoms with Gasteiger partial charge in [0.2, 0.25) is 0 Å². The first-order chi connectivity index (χ1) is 4.70. The Labute approximate surface area is 60.2 Å². The van der Waals surface area contributed by atoms with E-state index in [0.717, 1.165) is 0 Å². The highest BCUT2D eigenvalue weighted by Crippen LogP contribution is 1.90. The third kappa shape index (κ3) is 4.29. The zero-order valence-electron chi connectivity index (χ0n) is 6.26. The van der Waals surface area contributed by atoms with Crippen molar-refractivity contribution < 1.29 is 14.6 Å². The van der Waals surface area contributed by atoms with E-state index in [1.165, 1.54) is 0 Å². The Morgan fingerprint density at radius 1 is 1.80 bits per heavy atom.